The Labute approximate surface area is 212 Å². The Bertz CT molecular complexity index is 949. The molecule has 0 fully saturated rings. The molecule has 1 aliphatic rings. The third-order valence-electron chi connectivity index (χ3n) is 7.05. The number of ether oxygens (including phenoxy) is 1. The van der Waals surface area contributed by atoms with E-state index in [1.54, 1.807) is 39.8 Å². The lowest BCUT2D eigenvalue weighted by Crippen LogP contribution is -2.46. The first-order valence-electron chi connectivity index (χ1n) is 12.3. The zero-order valence-corrected chi connectivity index (χ0v) is 22.8. The van der Waals surface area contributed by atoms with Gasteiger partial charge in [-0.1, -0.05) is 39.3 Å². The number of hydrogen-bond acceptors (Lipinski definition) is 8. The summed E-state index contributed by atoms with van der Waals surface area (Å²) in [6, 6.07) is 0. The summed E-state index contributed by atoms with van der Waals surface area (Å²) in [4.78, 5) is 30.5. The maximum Gasteiger partial charge on any atom is 0.309 e. The van der Waals surface area contributed by atoms with Gasteiger partial charge in [0.05, 0.1) is 34.7 Å². The molecule has 2 heterocycles. The second-order valence-corrected chi connectivity index (χ2v) is 11.6. The molecule has 0 saturated heterocycles. The van der Waals surface area contributed by atoms with Crippen LogP contribution in [0.2, 0.25) is 0 Å². The Kier molecular flexibility index (Phi) is 10.4. The largest absolute Gasteiger partial charge is 0.455 e. The average Bonchev–Trinajstić information content (AvgIpc) is 3.19. The topological polar surface area (TPSA) is 117 Å². The molecule has 1 aromatic rings. The van der Waals surface area contributed by atoms with Crippen LogP contribution in [0.3, 0.4) is 0 Å². The van der Waals surface area contributed by atoms with Crippen LogP contribution >= 0.6 is 11.3 Å². The van der Waals surface area contributed by atoms with Crippen LogP contribution in [-0.4, -0.2) is 56.5 Å². The first kappa shape index (κ1) is 29.4. The lowest BCUT2D eigenvalue weighted by molar-refractivity contribution is -0.157. The molecule has 0 bridgehead atoms. The average molecular weight is 508 g/mol. The van der Waals surface area contributed by atoms with E-state index in [0.717, 1.165) is 22.7 Å². The number of aromatic nitrogens is 1. The molecule has 0 spiro atoms. The van der Waals surface area contributed by atoms with E-state index in [1.165, 1.54) is 11.3 Å². The van der Waals surface area contributed by atoms with E-state index in [2.05, 4.69) is 4.98 Å². The van der Waals surface area contributed by atoms with Gasteiger partial charge in [-0.05, 0) is 57.6 Å². The molecule has 1 aromatic heterocycles. The fourth-order valence-electron chi connectivity index (χ4n) is 4.53. The van der Waals surface area contributed by atoms with Gasteiger partial charge >= 0.3 is 5.97 Å². The van der Waals surface area contributed by atoms with E-state index in [-0.39, 0.29) is 11.7 Å². The normalized spacial score (nSPS) is 33.7. The third kappa shape index (κ3) is 7.81. The number of ketones is 1. The SMILES string of the molecule is C/C1=C/[C@@H](O)[C@@H](/C(C)=C/c2csc(C)n2)OC(=O)C[C@H](O)C(C)(C)C(=O)[C@H](C)[C@@H](O)[C@@H](C)CCC1. The minimum Gasteiger partial charge on any atom is -0.455 e. The summed E-state index contributed by atoms with van der Waals surface area (Å²) in [5.41, 5.74) is 1.02. The number of carbonyl (C=O) groups excluding carboxylic acids is 2. The molecular formula is C27H41NO6S. The fourth-order valence-corrected chi connectivity index (χ4v) is 5.10. The van der Waals surface area contributed by atoms with Crippen molar-refractivity contribution in [3.8, 4) is 0 Å². The van der Waals surface area contributed by atoms with Crippen molar-refractivity contribution < 1.29 is 29.6 Å². The van der Waals surface area contributed by atoms with Crippen molar-refractivity contribution in [3.05, 3.63) is 33.3 Å². The third-order valence-corrected chi connectivity index (χ3v) is 7.84. The highest BCUT2D eigenvalue weighted by Crippen LogP contribution is 2.32. The zero-order valence-electron chi connectivity index (χ0n) is 21.9. The number of aryl methyl sites for hydroxylation is 1. The number of esters is 1. The Morgan fingerprint density at radius 3 is 2.46 bits per heavy atom. The lowest BCUT2D eigenvalue weighted by atomic mass is 9.73. The van der Waals surface area contributed by atoms with Gasteiger partial charge in [-0.2, -0.15) is 0 Å². The van der Waals surface area contributed by atoms with Gasteiger partial charge in [-0.3, -0.25) is 9.59 Å². The van der Waals surface area contributed by atoms with Crippen LogP contribution in [0.25, 0.3) is 6.08 Å². The van der Waals surface area contributed by atoms with Crippen LogP contribution in [0.4, 0.5) is 0 Å². The van der Waals surface area contributed by atoms with E-state index < -0.39 is 48.1 Å². The van der Waals surface area contributed by atoms with Crippen molar-refractivity contribution in [1.29, 1.82) is 0 Å². The molecule has 0 aliphatic carbocycles. The molecule has 0 saturated carbocycles. The number of aliphatic hydroxyl groups is 3. The van der Waals surface area contributed by atoms with Gasteiger partial charge in [-0.25, -0.2) is 4.98 Å². The summed E-state index contributed by atoms with van der Waals surface area (Å²) in [5.74, 6) is -1.82. The van der Waals surface area contributed by atoms with E-state index in [4.69, 9.17) is 4.74 Å². The van der Waals surface area contributed by atoms with Gasteiger partial charge < -0.3 is 20.1 Å². The highest BCUT2D eigenvalue weighted by atomic mass is 32.1. The highest BCUT2D eigenvalue weighted by molar-refractivity contribution is 7.09. The summed E-state index contributed by atoms with van der Waals surface area (Å²) in [5, 5.41) is 35.4. The van der Waals surface area contributed by atoms with Crippen LogP contribution in [0.1, 0.15) is 77.9 Å². The molecule has 0 amide bonds. The molecular weight excluding hydrogens is 466 g/mol. The molecule has 0 unspecified atom stereocenters. The van der Waals surface area contributed by atoms with E-state index in [1.807, 2.05) is 26.2 Å². The number of hydrogen-bond donors (Lipinski definition) is 3. The number of allylic oxidation sites excluding steroid dienone is 1. The first-order chi connectivity index (χ1) is 16.2. The second kappa shape index (κ2) is 12.4. The Morgan fingerprint density at radius 1 is 1.20 bits per heavy atom. The molecule has 0 radical (unpaired) electrons. The Hall–Kier alpha value is -1.87. The highest BCUT2D eigenvalue weighted by Gasteiger charge is 2.42. The number of carbonyl (C=O) groups is 2. The van der Waals surface area contributed by atoms with Crippen molar-refractivity contribution in [2.75, 3.05) is 0 Å². The summed E-state index contributed by atoms with van der Waals surface area (Å²) in [7, 11) is 0. The molecule has 1 aliphatic heterocycles. The maximum absolute atomic E-state index is 13.2. The van der Waals surface area contributed by atoms with Crippen molar-refractivity contribution in [2.24, 2.45) is 17.3 Å². The smallest absolute Gasteiger partial charge is 0.309 e. The molecule has 0 aromatic carbocycles. The predicted molar refractivity (Wildman–Crippen MR) is 138 cm³/mol. The maximum atomic E-state index is 13.2. The van der Waals surface area contributed by atoms with Crippen LogP contribution in [-0.2, 0) is 14.3 Å². The molecule has 2 rings (SSSR count). The van der Waals surface area contributed by atoms with Crippen molar-refractivity contribution >= 4 is 29.2 Å². The van der Waals surface area contributed by atoms with E-state index in [0.29, 0.717) is 18.4 Å². The summed E-state index contributed by atoms with van der Waals surface area (Å²) in [6.45, 7) is 12.3. The molecule has 3 N–H and O–H groups in total. The second-order valence-electron chi connectivity index (χ2n) is 10.5. The van der Waals surface area contributed by atoms with Gasteiger partial charge in [0.25, 0.3) is 0 Å². The molecule has 7 nitrogen and oxygen atoms in total. The van der Waals surface area contributed by atoms with Crippen LogP contribution in [0.5, 0.6) is 0 Å². The zero-order chi connectivity index (χ0) is 26.5. The number of thiazole rings is 1. The van der Waals surface area contributed by atoms with Gasteiger partial charge in [0.1, 0.15) is 11.9 Å². The number of Topliss-reactive ketones (excluding diaryl/α,β-unsaturated/α-hetero) is 1. The van der Waals surface area contributed by atoms with E-state index in [9.17, 15) is 24.9 Å². The van der Waals surface area contributed by atoms with Crippen LogP contribution in [0.15, 0.2) is 22.6 Å². The number of nitrogens with zero attached hydrogens (tertiary/aromatic N) is 1. The standard InChI is InChI=1S/C27H41NO6S/c1-15-9-8-10-16(2)24(32)18(4)26(33)27(6,7)22(30)13-23(31)34-25(21(29)11-15)17(3)12-20-14-35-19(5)28-20/h11-12,14,16,18,21-22,24-25,29-30,32H,8-10,13H2,1-7H3/b15-11-,17-12+/t16-,18+,21+,22-,24-,25+/m0/s1. The van der Waals surface area contributed by atoms with Gasteiger partial charge in [0.15, 0.2) is 6.10 Å². The number of rotatable bonds is 2. The van der Waals surface area contributed by atoms with Crippen LogP contribution < -0.4 is 0 Å². The Balaban J connectivity index is 2.40. The first-order valence-corrected chi connectivity index (χ1v) is 13.2. The fraction of sp³-hybridized carbons (Fsp3) is 0.667. The molecule has 8 heteroatoms. The number of aliphatic hydroxyl groups excluding tert-OH is 3. The molecule has 35 heavy (non-hydrogen) atoms. The Morgan fingerprint density at radius 2 is 1.86 bits per heavy atom. The summed E-state index contributed by atoms with van der Waals surface area (Å²) in [6.07, 6.45) is 1.05. The van der Waals surface area contributed by atoms with Crippen molar-refractivity contribution in [1.82, 2.24) is 4.98 Å². The molecule has 196 valence electrons. The molecule has 6 atom stereocenters. The quantitative estimate of drug-likeness (QED) is 0.405. The van der Waals surface area contributed by atoms with Crippen LogP contribution in [0, 0.1) is 24.2 Å². The summed E-state index contributed by atoms with van der Waals surface area (Å²) < 4.78 is 5.67. The number of cyclic esters (lactones) is 1. The van der Waals surface area contributed by atoms with Crippen molar-refractivity contribution in [2.45, 2.75) is 98.6 Å². The lowest BCUT2D eigenvalue weighted by Gasteiger charge is -2.34. The predicted octanol–water partition coefficient (Wildman–Crippen LogP) is 4.24. The van der Waals surface area contributed by atoms with Gasteiger partial charge in [-0.15, -0.1) is 11.3 Å². The minimum atomic E-state index is -1.30. The summed E-state index contributed by atoms with van der Waals surface area (Å²) >= 11 is 1.50. The monoisotopic (exact) mass is 507 g/mol. The van der Waals surface area contributed by atoms with Crippen molar-refractivity contribution in [3.63, 3.8) is 0 Å². The van der Waals surface area contributed by atoms with Gasteiger partial charge in [0, 0.05) is 11.3 Å². The van der Waals surface area contributed by atoms with E-state index >= 15 is 0 Å². The minimum absolute atomic E-state index is 0.114. The van der Waals surface area contributed by atoms with Gasteiger partial charge in [0.2, 0.25) is 0 Å².